The Hall–Kier alpha value is -2.05. The number of carbonyl (C=O) groups is 1. The molecule has 3 aromatic rings. The van der Waals surface area contributed by atoms with Gasteiger partial charge in [-0.15, -0.1) is 11.3 Å². The molecule has 0 saturated carbocycles. The first kappa shape index (κ1) is 14.9. The third kappa shape index (κ3) is 2.67. The van der Waals surface area contributed by atoms with Crippen LogP contribution >= 0.6 is 22.9 Å². The van der Waals surface area contributed by atoms with Crippen molar-refractivity contribution in [3.8, 4) is 17.0 Å². The van der Waals surface area contributed by atoms with Gasteiger partial charge in [-0.2, -0.15) is 0 Å². The molecule has 0 atom stereocenters. The van der Waals surface area contributed by atoms with Gasteiger partial charge in [0.25, 0.3) is 0 Å². The molecule has 0 unspecified atom stereocenters. The summed E-state index contributed by atoms with van der Waals surface area (Å²) >= 11 is 7.98. The molecule has 2 aromatic heterocycles. The Morgan fingerprint density at radius 2 is 2.32 bits per heavy atom. The van der Waals surface area contributed by atoms with Crippen LogP contribution in [0.25, 0.3) is 22.2 Å². The summed E-state index contributed by atoms with van der Waals surface area (Å²) in [4.78, 5) is 11.4. The third-order valence-corrected chi connectivity index (χ3v) is 4.45. The lowest BCUT2D eigenvalue weighted by Crippen LogP contribution is -2.19. The average Bonchev–Trinajstić information content (AvgIpc) is 3.11. The first-order valence-corrected chi connectivity index (χ1v) is 7.90. The molecule has 0 aliphatic rings. The van der Waals surface area contributed by atoms with Crippen molar-refractivity contribution in [3.05, 3.63) is 33.5 Å². The molecule has 1 N–H and O–H groups in total. The SMILES string of the molecule is Cc1sccc1-c1noc2c(Cl)c(OCCNC=O)ccc12. The van der Waals surface area contributed by atoms with Crippen molar-refractivity contribution in [2.75, 3.05) is 13.2 Å². The lowest BCUT2D eigenvalue weighted by Gasteiger charge is -2.07. The van der Waals surface area contributed by atoms with Gasteiger partial charge < -0.3 is 14.6 Å². The Balaban J connectivity index is 1.93. The lowest BCUT2D eigenvalue weighted by atomic mass is 10.1. The fourth-order valence-corrected chi connectivity index (χ4v) is 3.12. The van der Waals surface area contributed by atoms with Crippen LogP contribution in [0.15, 0.2) is 28.1 Å². The number of nitrogens with zero attached hydrogens (tertiary/aromatic N) is 1. The largest absolute Gasteiger partial charge is 0.490 e. The highest BCUT2D eigenvalue weighted by Gasteiger charge is 2.18. The fourth-order valence-electron chi connectivity index (χ4n) is 2.17. The quantitative estimate of drug-likeness (QED) is 0.551. The zero-order valence-corrected chi connectivity index (χ0v) is 13.3. The molecule has 0 aliphatic heterocycles. The van der Waals surface area contributed by atoms with Crippen LogP contribution in [-0.4, -0.2) is 24.7 Å². The maximum atomic E-state index is 10.2. The number of aryl methyl sites for hydroxylation is 1. The summed E-state index contributed by atoms with van der Waals surface area (Å²) in [5.41, 5.74) is 2.33. The van der Waals surface area contributed by atoms with Crippen LogP contribution in [0.3, 0.4) is 0 Å². The zero-order chi connectivity index (χ0) is 15.5. The van der Waals surface area contributed by atoms with Gasteiger partial charge >= 0.3 is 0 Å². The normalized spacial score (nSPS) is 10.8. The molecule has 5 nitrogen and oxygen atoms in total. The smallest absolute Gasteiger partial charge is 0.207 e. The van der Waals surface area contributed by atoms with Crippen LogP contribution < -0.4 is 10.1 Å². The van der Waals surface area contributed by atoms with E-state index in [0.29, 0.717) is 35.9 Å². The first-order chi connectivity index (χ1) is 10.7. The van der Waals surface area contributed by atoms with Crippen molar-refractivity contribution in [1.82, 2.24) is 10.5 Å². The van der Waals surface area contributed by atoms with E-state index in [1.807, 2.05) is 24.4 Å². The minimum Gasteiger partial charge on any atom is -0.490 e. The monoisotopic (exact) mass is 336 g/mol. The van der Waals surface area contributed by atoms with Crippen molar-refractivity contribution in [1.29, 1.82) is 0 Å². The Bertz CT molecular complexity index is 812. The van der Waals surface area contributed by atoms with E-state index in [1.165, 1.54) is 4.88 Å². The first-order valence-electron chi connectivity index (χ1n) is 6.64. The highest BCUT2D eigenvalue weighted by atomic mass is 35.5. The van der Waals surface area contributed by atoms with Crippen molar-refractivity contribution in [2.24, 2.45) is 0 Å². The molecule has 0 bridgehead atoms. The zero-order valence-electron chi connectivity index (χ0n) is 11.8. The third-order valence-electron chi connectivity index (χ3n) is 3.25. The average molecular weight is 337 g/mol. The maximum Gasteiger partial charge on any atom is 0.207 e. The van der Waals surface area contributed by atoms with E-state index < -0.39 is 0 Å². The van der Waals surface area contributed by atoms with Crippen LogP contribution in [0.1, 0.15) is 4.88 Å². The molecular weight excluding hydrogens is 324 g/mol. The lowest BCUT2D eigenvalue weighted by molar-refractivity contribution is -0.109. The van der Waals surface area contributed by atoms with Crippen molar-refractivity contribution >= 4 is 40.3 Å². The number of nitrogens with one attached hydrogen (secondary N) is 1. The predicted molar refractivity (Wildman–Crippen MR) is 86.6 cm³/mol. The van der Waals surface area contributed by atoms with E-state index in [9.17, 15) is 4.79 Å². The van der Waals surface area contributed by atoms with Gasteiger partial charge in [-0.3, -0.25) is 4.79 Å². The number of hydrogen-bond donors (Lipinski definition) is 1. The van der Waals surface area contributed by atoms with Gasteiger partial charge in [0.1, 0.15) is 23.1 Å². The van der Waals surface area contributed by atoms with E-state index >= 15 is 0 Å². The Labute approximate surface area is 135 Å². The van der Waals surface area contributed by atoms with Gasteiger partial charge in [-0.25, -0.2) is 0 Å². The van der Waals surface area contributed by atoms with Crippen LogP contribution in [0.5, 0.6) is 5.75 Å². The number of ether oxygens (including phenoxy) is 1. The second kappa shape index (κ2) is 6.37. The minimum atomic E-state index is 0.328. The van der Waals surface area contributed by atoms with Crippen LogP contribution in [0.2, 0.25) is 5.02 Å². The Morgan fingerprint density at radius 3 is 3.05 bits per heavy atom. The van der Waals surface area contributed by atoms with Crippen LogP contribution in [0, 0.1) is 6.92 Å². The van der Waals surface area contributed by atoms with Gasteiger partial charge in [0.15, 0.2) is 5.58 Å². The van der Waals surface area contributed by atoms with E-state index in [0.717, 1.165) is 16.6 Å². The standard InChI is InChI=1S/C15H13ClN2O3S/c1-9-10(4-7-22-9)14-11-2-3-12(20-6-5-17-8-19)13(16)15(11)21-18-14/h2-4,7-8H,5-6H2,1H3,(H,17,19). The molecule has 0 saturated heterocycles. The summed E-state index contributed by atoms with van der Waals surface area (Å²) in [6, 6.07) is 5.68. The minimum absolute atomic E-state index is 0.328. The molecule has 114 valence electrons. The van der Waals surface area contributed by atoms with E-state index in [1.54, 1.807) is 17.4 Å². The van der Waals surface area contributed by atoms with E-state index in [2.05, 4.69) is 10.5 Å². The van der Waals surface area contributed by atoms with Crippen LogP contribution in [-0.2, 0) is 4.79 Å². The van der Waals surface area contributed by atoms with Crippen LogP contribution in [0.4, 0.5) is 0 Å². The predicted octanol–water partition coefficient (Wildman–Crippen LogP) is 3.64. The number of halogens is 1. The second-order valence-corrected chi connectivity index (χ2v) is 6.09. The van der Waals surface area contributed by atoms with Gasteiger partial charge in [-0.05, 0) is 30.5 Å². The molecular formula is C15H13ClN2O3S. The number of hydrogen-bond acceptors (Lipinski definition) is 5. The summed E-state index contributed by atoms with van der Waals surface area (Å²) in [5, 5.41) is 9.92. The Morgan fingerprint density at radius 1 is 1.45 bits per heavy atom. The number of aromatic nitrogens is 1. The number of fused-ring (bicyclic) bond motifs is 1. The summed E-state index contributed by atoms with van der Waals surface area (Å²) < 4.78 is 10.9. The molecule has 1 amide bonds. The summed E-state index contributed by atoms with van der Waals surface area (Å²) in [6.45, 7) is 2.78. The molecule has 3 rings (SSSR count). The molecule has 7 heteroatoms. The second-order valence-electron chi connectivity index (χ2n) is 4.60. The molecule has 22 heavy (non-hydrogen) atoms. The van der Waals surface area contributed by atoms with Gasteiger partial charge in [0, 0.05) is 10.4 Å². The summed E-state index contributed by atoms with van der Waals surface area (Å²) in [7, 11) is 0. The number of amides is 1. The van der Waals surface area contributed by atoms with E-state index in [4.69, 9.17) is 20.9 Å². The van der Waals surface area contributed by atoms with Crippen molar-refractivity contribution in [3.63, 3.8) is 0 Å². The molecule has 0 aliphatic carbocycles. The number of benzene rings is 1. The molecule has 1 aromatic carbocycles. The fraction of sp³-hybridized carbons (Fsp3) is 0.200. The van der Waals surface area contributed by atoms with Crippen molar-refractivity contribution < 1.29 is 14.1 Å². The summed E-state index contributed by atoms with van der Waals surface area (Å²) in [6.07, 6.45) is 0.625. The van der Waals surface area contributed by atoms with Gasteiger partial charge in [0.2, 0.25) is 6.41 Å². The van der Waals surface area contributed by atoms with Gasteiger partial charge in [0.05, 0.1) is 11.9 Å². The maximum absolute atomic E-state index is 10.2. The topological polar surface area (TPSA) is 64.4 Å². The highest BCUT2D eigenvalue weighted by Crippen LogP contribution is 2.39. The molecule has 0 spiro atoms. The molecule has 0 fully saturated rings. The van der Waals surface area contributed by atoms with E-state index in [-0.39, 0.29) is 0 Å². The number of rotatable bonds is 6. The van der Waals surface area contributed by atoms with Gasteiger partial charge in [-0.1, -0.05) is 16.8 Å². The highest BCUT2D eigenvalue weighted by molar-refractivity contribution is 7.10. The molecule has 2 heterocycles. The Kier molecular flexibility index (Phi) is 4.31. The summed E-state index contributed by atoms with van der Waals surface area (Å²) in [5.74, 6) is 0.506. The number of thiophene rings is 1. The van der Waals surface area contributed by atoms with Crippen molar-refractivity contribution in [2.45, 2.75) is 6.92 Å². The molecule has 0 radical (unpaired) electrons. The number of carbonyl (C=O) groups excluding carboxylic acids is 1.